The number of nitrogens with one attached hydrogen (secondary N) is 2. The molecule has 0 heterocycles. The van der Waals surface area contributed by atoms with Crippen LogP contribution >= 0.6 is 0 Å². The summed E-state index contributed by atoms with van der Waals surface area (Å²) >= 11 is 0. The van der Waals surface area contributed by atoms with Crippen LogP contribution in [0.25, 0.3) is 0 Å². The Hall–Kier alpha value is -1.52. The zero-order chi connectivity index (χ0) is 38.0. The number of carbonyl (C=O) groups is 2. The zero-order valence-electron chi connectivity index (χ0n) is 34.0. The van der Waals surface area contributed by atoms with Gasteiger partial charge in [-0.3, -0.25) is 9.59 Å². The number of rotatable bonds is 16. The molecule has 9 atom stereocenters. The van der Waals surface area contributed by atoms with Crippen molar-refractivity contribution in [3.8, 4) is 0 Å². The van der Waals surface area contributed by atoms with E-state index in [0.29, 0.717) is 57.8 Å². The minimum absolute atomic E-state index is 0.0109. The second kappa shape index (κ2) is 16.3. The number of aliphatic hydroxyl groups excluding tert-OH is 2. The highest BCUT2D eigenvalue weighted by Crippen LogP contribution is 2.75. The molecule has 0 unspecified atom stereocenters. The van der Waals surface area contributed by atoms with Crippen molar-refractivity contribution in [2.24, 2.45) is 50.2 Å². The molecule has 0 aromatic rings. The van der Waals surface area contributed by atoms with Gasteiger partial charge >= 0.3 is 0 Å². The molecule has 4 saturated carbocycles. The number of hydrogen-bond acceptors (Lipinski definition) is 7. The molecule has 0 radical (unpaired) electrons. The second-order valence-electron chi connectivity index (χ2n) is 19.6. The van der Waals surface area contributed by atoms with E-state index in [4.69, 9.17) is 14.2 Å². The lowest BCUT2D eigenvalue weighted by molar-refractivity contribution is -0.231. The third-order valence-electron chi connectivity index (χ3n) is 15.8. The first-order valence-electron chi connectivity index (χ1n) is 20.7. The van der Waals surface area contributed by atoms with Gasteiger partial charge < -0.3 is 35.1 Å². The molecule has 4 fully saturated rings. The van der Waals surface area contributed by atoms with Crippen LogP contribution in [0.1, 0.15) is 132 Å². The first kappa shape index (κ1) is 41.6. The quantitative estimate of drug-likeness (QED) is 0.104. The predicted octanol–water partition coefficient (Wildman–Crippen LogP) is 6.59. The Balaban J connectivity index is 1.16. The van der Waals surface area contributed by atoms with Gasteiger partial charge in [0.15, 0.2) is 0 Å². The SMILES string of the molecule is COCCOCCOCC(=O)NCCCCCCNC(=O)[C@]12CCC(C)(C)C[C@H]1C1=CC[C@@H]3[C@@]4(C)C[C@@H](O)[C@H](O)C(C)(C)[C@@H]4CC[C@@]3(C)[C@]1(C)CC2. The van der Waals surface area contributed by atoms with Crippen LogP contribution in [0.3, 0.4) is 0 Å². The van der Waals surface area contributed by atoms with E-state index in [0.717, 1.165) is 77.0 Å². The minimum atomic E-state index is -0.688. The Morgan fingerprint density at radius 1 is 0.788 bits per heavy atom. The van der Waals surface area contributed by atoms with Crippen molar-refractivity contribution in [2.75, 3.05) is 53.2 Å². The number of amides is 2. The van der Waals surface area contributed by atoms with Gasteiger partial charge in [-0.2, -0.15) is 0 Å². The summed E-state index contributed by atoms with van der Waals surface area (Å²) in [4.78, 5) is 26.4. The van der Waals surface area contributed by atoms with E-state index in [-0.39, 0.29) is 56.8 Å². The fourth-order valence-electron chi connectivity index (χ4n) is 12.6. The molecule has 5 rings (SSSR count). The van der Waals surface area contributed by atoms with E-state index in [1.807, 2.05) is 0 Å². The molecule has 5 aliphatic carbocycles. The van der Waals surface area contributed by atoms with Gasteiger partial charge in [0, 0.05) is 20.2 Å². The Morgan fingerprint density at radius 2 is 1.44 bits per heavy atom. The number of allylic oxidation sites excluding steroid dienone is 2. The van der Waals surface area contributed by atoms with E-state index >= 15 is 0 Å². The summed E-state index contributed by atoms with van der Waals surface area (Å²) in [5.74, 6) is 1.22. The van der Waals surface area contributed by atoms with Gasteiger partial charge in [0.05, 0.1) is 44.1 Å². The summed E-state index contributed by atoms with van der Waals surface area (Å²) in [7, 11) is 1.63. The minimum Gasteiger partial charge on any atom is -0.390 e. The summed E-state index contributed by atoms with van der Waals surface area (Å²) in [5, 5.41) is 28.6. The van der Waals surface area contributed by atoms with Crippen LogP contribution in [-0.4, -0.2) is 87.5 Å². The molecule has 9 nitrogen and oxygen atoms in total. The predicted molar refractivity (Wildman–Crippen MR) is 204 cm³/mol. The van der Waals surface area contributed by atoms with Crippen molar-refractivity contribution in [1.29, 1.82) is 0 Å². The van der Waals surface area contributed by atoms with Gasteiger partial charge in [-0.25, -0.2) is 0 Å². The molecule has 0 aromatic carbocycles. The standard InChI is InChI=1S/C43H74N2O7/c1-38(2)17-19-43(37(49)45-22-12-10-9-11-21-44-35(47)29-52-26-25-51-24-23-50-8)20-18-41(6)30(31(43)27-38)13-14-34-40(5)28-32(46)36(48)39(3,4)33(40)15-16-42(34,41)7/h13,31-34,36,46,48H,9-12,14-29H2,1-8H3,(H,44,47)(H,45,49)/t31-,32+,33-,34+,36-,40-,41+,42+,43-/m0/s1. The first-order valence-corrected chi connectivity index (χ1v) is 20.7. The van der Waals surface area contributed by atoms with Crippen molar-refractivity contribution in [1.82, 2.24) is 10.6 Å². The highest BCUT2D eigenvalue weighted by molar-refractivity contribution is 5.84. The molecule has 9 heteroatoms. The van der Waals surface area contributed by atoms with Crippen LogP contribution in [0.15, 0.2) is 11.6 Å². The molecule has 0 saturated heterocycles. The molecule has 0 aliphatic heterocycles. The van der Waals surface area contributed by atoms with E-state index in [2.05, 4.69) is 65.2 Å². The van der Waals surface area contributed by atoms with Crippen molar-refractivity contribution in [3.63, 3.8) is 0 Å². The van der Waals surface area contributed by atoms with E-state index < -0.39 is 12.2 Å². The third kappa shape index (κ3) is 7.79. The largest absolute Gasteiger partial charge is 0.390 e. The lowest BCUT2D eigenvalue weighted by Crippen LogP contribution is -2.67. The molecule has 2 amide bonds. The van der Waals surface area contributed by atoms with Gasteiger partial charge in [0.1, 0.15) is 6.61 Å². The molecule has 0 bridgehead atoms. The normalized spacial score (nSPS) is 38.9. The molecule has 0 spiro atoms. The summed E-state index contributed by atoms with van der Waals surface area (Å²) in [6, 6.07) is 0. The highest BCUT2D eigenvalue weighted by Gasteiger charge is 2.70. The number of hydrogen-bond donors (Lipinski definition) is 4. The van der Waals surface area contributed by atoms with E-state index in [1.54, 1.807) is 12.7 Å². The molecule has 4 N–H and O–H groups in total. The van der Waals surface area contributed by atoms with Crippen LogP contribution in [0.5, 0.6) is 0 Å². The smallest absolute Gasteiger partial charge is 0.245 e. The fraction of sp³-hybridized carbons (Fsp3) is 0.907. The van der Waals surface area contributed by atoms with Gasteiger partial charge in [-0.15, -0.1) is 0 Å². The van der Waals surface area contributed by atoms with Gasteiger partial charge in [0.2, 0.25) is 11.8 Å². The molecular formula is C43H74N2O7. The van der Waals surface area contributed by atoms with Crippen LogP contribution in [0, 0.1) is 50.2 Å². The third-order valence-corrected chi connectivity index (χ3v) is 15.8. The average Bonchev–Trinajstić information content (AvgIpc) is 3.08. The number of fused-ring (bicyclic) bond motifs is 7. The number of aliphatic hydroxyl groups is 2. The first-order chi connectivity index (χ1) is 24.5. The van der Waals surface area contributed by atoms with Gasteiger partial charge in [-0.05, 0) is 115 Å². The number of methoxy groups -OCH3 is 1. The summed E-state index contributed by atoms with van der Waals surface area (Å²) < 4.78 is 15.6. The van der Waals surface area contributed by atoms with Crippen LogP contribution in [-0.2, 0) is 23.8 Å². The topological polar surface area (TPSA) is 126 Å². The van der Waals surface area contributed by atoms with Crippen LogP contribution in [0.2, 0.25) is 0 Å². The van der Waals surface area contributed by atoms with Crippen molar-refractivity contribution in [2.45, 2.75) is 144 Å². The number of ether oxygens (including phenoxy) is 3. The van der Waals surface area contributed by atoms with Gasteiger partial charge in [0.25, 0.3) is 0 Å². The summed E-state index contributed by atoms with van der Waals surface area (Å²) in [6.45, 7) is 19.9. The molecule has 0 aromatic heterocycles. The number of unbranched alkanes of at least 4 members (excludes halogenated alkanes) is 3. The average molecular weight is 731 g/mol. The lowest BCUT2D eigenvalue weighted by atomic mass is 9.33. The molecule has 5 aliphatic rings. The molecular weight excluding hydrogens is 656 g/mol. The molecule has 52 heavy (non-hydrogen) atoms. The maximum absolute atomic E-state index is 14.4. The lowest BCUT2D eigenvalue weighted by Gasteiger charge is -2.71. The maximum atomic E-state index is 14.4. The Morgan fingerprint density at radius 3 is 2.15 bits per heavy atom. The second-order valence-corrected chi connectivity index (χ2v) is 19.6. The maximum Gasteiger partial charge on any atom is 0.245 e. The summed E-state index contributed by atoms with van der Waals surface area (Å²) in [6.07, 6.45) is 14.0. The fourth-order valence-corrected chi connectivity index (χ4v) is 12.6. The highest BCUT2D eigenvalue weighted by atomic mass is 16.5. The van der Waals surface area contributed by atoms with E-state index in [9.17, 15) is 19.8 Å². The van der Waals surface area contributed by atoms with Crippen molar-refractivity contribution < 1.29 is 34.0 Å². The Kier molecular flexibility index (Phi) is 13.0. The Bertz CT molecular complexity index is 1280. The van der Waals surface area contributed by atoms with Crippen LogP contribution < -0.4 is 10.6 Å². The van der Waals surface area contributed by atoms with E-state index in [1.165, 1.54) is 0 Å². The number of carbonyl (C=O) groups excluding carboxylic acids is 2. The zero-order valence-corrected chi connectivity index (χ0v) is 34.0. The van der Waals surface area contributed by atoms with Gasteiger partial charge in [-0.1, -0.05) is 73.0 Å². The van der Waals surface area contributed by atoms with Crippen molar-refractivity contribution in [3.05, 3.63) is 11.6 Å². The Labute approximate surface area is 315 Å². The van der Waals surface area contributed by atoms with Crippen molar-refractivity contribution >= 4 is 11.8 Å². The molecule has 298 valence electrons. The monoisotopic (exact) mass is 731 g/mol. The summed E-state index contributed by atoms with van der Waals surface area (Å²) in [5.41, 5.74) is 1.13. The van der Waals surface area contributed by atoms with Crippen LogP contribution in [0.4, 0.5) is 0 Å².